The average Bonchev–Trinajstić information content (AvgIpc) is 3.07. The third kappa shape index (κ3) is 4.46. The second-order valence-corrected chi connectivity index (χ2v) is 6.62. The largest absolute Gasteiger partial charge is 0.492 e. The summed E-state index contributed by atoms with van der Waals surface area (Å²) in [7, 11) is 0. The van der Waals surface area contributed by atoms with Gasteiger partial charge in [0.15, 0.2) is 0 Å². The van der Waals surface area contributed by atoms with Crippen molar-refractivity contribution in [3.05, 3.63) is 71.6 Å². The first-order chi connectivity index (χ1) is 12.7. The topological polar surface area (TPSA) is 64.4 Å². The molecule has 1 amide bonds. The number of hydrogen-bond donors (Lipinski definition) is 1. The van der Waals surface area contributed by atoms with Crippen molar-refractivity contribution in [1.82, 2.24) is 5.16 Å². The van der Waals surface area contributed by atoms with E-state index in [0.29, 0.717) is 29.4 Å². The van der Waals surface area contributed by atoms with E-state index in [1.807, 2.05) is 68.4 Å². The van der Waals surface area contributed by atoms with E-state index in [4.69, 9.17) is 9.26 Å². The Labute approximate surface area is 156 Å². The van der Waals surface area contributed by atoms with Crippen LogP contribution in [0.1, 0.15) is 28.7 Å². The predicted molar refractivity (Wildman–Crippen MR) is 103 cm³/mol. The maximum absolute atomic E-state index is 12.8. The lowest BCUT2D eigenvalue weighted by molar-refractivity contribution is 0.102. The van der Waals surface area contributed by atoms with Gasteiger partial charge < -0.3 is 14.6 Å². The van der Waals surface area contributed by atoms with Crippen LogP contribution < -0.4 is 10.1 Å². The number of benzene rings is 2. The van der Waals surface area contributed by atoms with E-state index in [2.05, 4.69) is 10.5 Å². The average molecular weight is 368 g/mol. The number of carbonyl (C=O) groups is 1. The molecule has 0 saturated carbocycles. The fraction of sp³-hybridized carbons (Fsp3) is 0.200. The highest BCUT2D eigenvalue weighted by Gasteiger charge is 2.14. The van der Waals surface area contributed by atoms with Crippen LogP contribution in [0.4, 0.5) is 5.69 Å². The van der Waals surface area contributed by atoms with Crippen LogP contribution in [-0.2, 0) is 5.75 Å². The Morgan fingerprint density at radius 3 is 2.73 bits per heavy atom. The summed E-state index contributed by atoms with van der Waals surface area (Å²) >= 11 is 1.54. The summed E-state index contributed by atoms with van der Waals surface area (Å²) < 4.78 is 10.8. The number of anilines is 1. The minimum absolute atomic E-state index is 0.172. The first-order valence-corrected chi connectivity index (χ1v) is 9.33. The Balaban J connectivity index is 1.75. The van der Waals surface area contributed by atoms with E-state index in [-0.39, 0.29) is 5.91 Å². The second kappa shape index (κ2) is 8.58. The number of carbonyl (C=O) groups excluding carboxylic acids is 1. The van der Waals surface area contributed by atoms with Gasteiger partial charge in [-0.3, -0.25) is 4.79 Å². The van der Waals surface area contributed by atoms with Gasteiger partial charge in [0, 0.05) is 11.0 Å². The van der Waals surface area contributed by atoms with E-state index >= 15 is 0 Å². The zero-order chi connectivity index (χ0) is 18.4. The van der Waals surface area contributed by atoms with Gasteiger partial charge in [-0.05, 0) is 38.1 Å². The summed E-state index contributed by atoms with van der Waals surface area (Å²) in [6, 6.07) is 16.8. The molecule has 0 aliphatic rings. The highest BCUT2D eigenvalue weighted by Crippen LogP contribution is 2.29. The molecular formula is C20H20N2O3S. The van der Waals surface area contributed by atoms with Gasteiger partial charge in [0.25, 0.3) is 5.91 Å². The molecule has 0 spiro atoms. The number of nitrogens with one attached hydrogen (secondary N) is 1. The number of nitrogens with zero attached hydrogens (tertiary/aromatic N) is 1. The van der Waals surface area contributed by atoms with Crippen LogP contribution in [0.3, 0.4) is 0 Å². The molecule has 0 saturated heterocycles. The summed E-state index contributed by atoms with van der Waals surface area (Å²) in [5.41, 5.74) is 2.12. The normalized spacial score (nSPS) is 10.5. The van der Waals surface area contributed by atoms with Crippen molar-refractivity contribution in [2.24, 2.45) is 0 Å². The Morgan fingerprint density at radius 2 is 1.96 bits per heavy atom. The molecule has 3 aromatic rings. The van der Waals surface area contributed by atoms with Crippen molar-refractivity contribution >= 4 is 23.4 Å². The van der Waals surface area contributed by atoms with Crippen molar-refractivity contribution in [1.29, 1.82) is 0 Å². The number of thioether (sulfide) groups is 1. The molecule has 2 aromatic carbocycles. The molecular weight excluding hydrogens is 348 g/mol. The molecule has 134 valence electrons. The minimum atomic E-state index is -0.172. The standard InChI is InChI=1S/C20H20N2O3S/c1-3-24-18-10-6-5-9-17(18)21-20(23)16-8-4-7-11-19(16)26-13-15-12-14(2)22-25-15/h4-12H,3,13H2,1-2H3,(H,21,23). The molecule has 0 aliphatic carbocycles. The van der Waals surface area contributed by atoms with Crippen LogP contribution in [-0.4, -0.2) is 17.7 Å². The Hall–Kier alpha value is -2.73. The maximum atomic E-state index is 12.8. The van der Waals surface area contributed by atoms with Crippen LogP contribution in [0.25, 0.3) is 0 Å². The van der Waals surface area contributed by atoms with Gasteiger partial charge >= 0.3 is 0 Å². The summed E-state index contributed by atoms with van der Waals surface area (Å²) in [4.78, 5) is 13.7. The van der Waals surface area contributed by atoms with Crippen LogP contribution >= 0.6 is 11.8 Å². The van der Waals surface area contributed by atoms with Crippen molar-refractivity contribution in [2.45, 2.75) is 24.5 Å². The number of amides is 1. The van der Waals surface area contributed by atoms with Crippen molar-refractivity contribution in [2.75, 3.05) is 11.9 Å². The van der Waals surface area contributed by atoms with Crippen LogP contribution in [0.2, 0.25) is 0 Å². The van der Waals surface area contributed by atoms with Gasteiger partial charge in [-0.25, -0.2) is 0 Å². The molecule has 1 aromatic heterocycles. The number of rotatable bonds is 7. The van der Waals surface area contributed by atoms with Crippen LogP contribution in [0.5, 0.6) is 5.75 Å². The number of aromatic nitrogens is 1. The van der Waals surface area contributed by atoms with Gasteiger partial charge in [0.1, 0.15) is 11.5 Å². The summed E-state index contributed by atoms with van der Waals surface area (Å²) in [6.07, 6.45) is 0. The molecule has 6 heteroatoms. The number of para-hydroxylation sites is 2. The maximum Gasteiger partial charge on any atom is 0.256 e. The second-order valence-electron chi connectivity index (χ2n) is 5.60. The summed E-state index contributed by atoms with van der Waals surface area (Å²) in [5, 5.41) is 6.83. The lowest BCUT2D eigenvalue weighted by Crippen LogP contribution is -2.14. The molecule has 0 radical (unpaired) electrons. The fourth-order valence-corrected chi connectivity index (χ4v) is 3.38. The van der Waals surface area contributed by atoms with Crippen molar-refractivity contribution < 1.29 is 14.1 Å². The molecule has 1 N–H and O–H groups in total. The third-order valence-corrected chi connectivity index (χ3v) is 4.71. The molecule has 0 bridgehead atoms. The molecule has 0 atom stereocenters. The van der Waals surface area contributed by atoms with Crippen molar-refractivity contribution in [3.63, 3.8) is 0 Å². The molecule has 0 fully saturated rings. The molecule has 26 heavy (non-hydrogen) atoms. The minimum Gasteiger partial charge on any atom is -0.492 e. The SMILES string of the molecule is CCOc1ccccc1NC(=O)c1ccccc1SCc1cc(C)no1. The molecule has 0 unspecified atom stereocenters. The lowest BCUT2D eigenvalue weighted by Gasteiger charge is -2.13. The zero-order valence-electron chi connectivity index (χ0n) is 14.7. The van der Waals surface area contributed by atoms with Gasteiger partial charge in [0.05, 0.1) is 29.3 Å². The van der Waals surface area contributed by atoms with Crippen LogP contribution in [0.15, 0.2) is 64.0 Å². The number of aryl methyl sites for hydroxylation is 1. The van der Waals surface area contributed by atoms with E-state index in [0.717, 1.165) is 16.3 Å². The van der Waals surface area contributed by atoms with Crippen molar-refractivity contribution in [3.8, 4) is 5.75 Å². The highest BCUT2D eigenvalue weighted by molar-refractivity contribution is 7.98. The predicted octanol–water partition coefficient (Wildman–Crippen LogP) is 4.93. The monoisotopic (exact) mass is 368 g/mol. The van der Waals surface area contributed by atoms with Gasteiger partial charge in [0.2, 0.25) is 0 Å². The van der Waals surface area contributed by atoms with Gasteiger partial charge in [-0.15, -0.1) is 11.8 Å². The Bertz CT molecular complexity index is 892. The Kier molecular flexibility index (Phi) is 5.96. The quantitative estimate of drug-likeness (QED) is 0.599. The smallest absolute Gasteiger partial charge is 0.256 e. The molecule has 1 heterocycles. The lowest BCUT2D eigenvalue weighted by atomic mass is 10.2. The number of hydrogen-bond acceptors (Lipinski definition) is 5. The molecule has 0 aliphatic heterocycles. The third-order valence-electron chi connectivity index (χ3n) is 3.61. The molecule has 5 nitrogen and oxygen atoms in total. The fourth-order valence-electron chi connectivity index (χ4n) is 2.45. The first kappa shape index (κ1) is 18.1. The van der Waals surface area contributed by atoms with Crippen LogP contribution in [0, 0.1) is 6.92 Å². The Morgan fingerprint density at radius 1 is 1.19 bits per heavy atom. The first-order valence-electron chi connectivity index (χ1n) is 8.34. The zero-order valence-corrected chi connectivity index (χ0v) is 15.5. The van der Waals surface area contributed by atoms with E-state index < -0.39 is 0 Å². The number of ether oxygens (including phenoxy) is 1. The van der Waals surface area contributed by atoms with E-state index in [9.17, 15) is 4.79 Å². The summed E-state index contributed by atoms with van der Waals surface area (Å²) in [6.45, 7) is 4.33. The van der Waals surface area contributed by atoms with E-state index in [1.165, 1.54) is 0 Å². The van der Waals surface area contributed by atoms with Gasteiger partial charge in [-0.1, -0.05) is 29.4 Å². The summed E-state index contributed by atoms with van der Waals surface area (Å²) in [5.74, 6) is 1.88. The van der Waals surface area contributed by atoms with E-state index in [1.54, 1.807) is 11.8 Å². The highest BCUT2D eigenvalue weighted by atomic mass is 32.2. The van der Waals surface area contributed by atoms with Gasteiger partial charge in [-0.2, -0.15) is 0 Å². The molecule has 3 rings (SSSR count).